The van der Waals surface area contributed by atoms with Crippen LogP contribution in [0.3, 0.4) is 0 Å². The number of aromatic nitrogens is 2. The second-order valence-electron chi connectivity index (χ2n) is 6.66. The van der Waals surface area contributed by atoms with Gasteiger partial charge in [0.1, 0.15) is 0 Å². The highest BCUT2D eigenvalue weighted by molar-refractivity contribution is 5.94. The van der Waals surface area contributed by atoms with E-state index in [4.69, 9.17) is 0 Å². The van der Waals surface area contributed by atoms with Crippen molar-refractivity contribution in [1.29, 1.82) is 0 Å². The van der Waals surface area contributed by atoms with Crippen LogP contribution in [0.1, 0.15) is 38.4 Å². The lowest BCUT2D eigenvalue weighted by Crippen LogP contribution is -2.23. The Kier molecular flexibility index (Phi) is 5.53. The van der Waals surface area contributed by atoms with Crippen molar-refractivity contribution in [3.05, 3.63) is 88.2 Å². The standard InChI is InChI=1S/C21H20F3N3O/c1-14-10-15(2)27(26-14)13-16-6-8-18(9-7-16)20(28)25-12-17-4-3-5-19(11-17)21(22,23)24/h3-11H,12-13H2,1-2H3,(H,25,28). The molecule has 3 aromatic rings. The second-order valence-corrected chi connectivity index (χ2v) is 6.66. The van der Waals surface area contributed by atoms with Crippen LogP contribution in [0.2, 0.25) is 0 Å². The number of alkyl halides is 3. The van der Waals surface area contributed by atoms with Crippen molar-refractivity contribution in [2.24, 2.45) is 0 Å². The zero-order valence-corrected chi connectivity index (χ0v) is 15.5. The van der Waals surface area contributed by atoms with Gasteiger partial charge in [0.15, 0.2) is 0 Å². The monoisotopic (exact) mass is 387 g/mol. The third-order valence-electron chi connectivity index (χ3n) is 4.36. The van der Waals surface area contributed by atoms with Gasteiger partial charge < -0.3 is 5.32 Å². The Labute approximate surface area is 161 Å². The van der Waals surface area contributed by atoms with Crippen LogP contribution in [-0.2, 0) is 19.3 Å². The third kappa shape index (κ3) is 4.79. The predicted molar refractivity (Wildman–Crippen MR) is 99.9 cm³/mol. The van der Waals surface area contributed by atoms with Gasteiger partial charge in [0.25, 0.3) is 5.91 Å². The molecule has 0 atom stereocenters. The molecule has 0 aliphatic heterocycles. The average molecular weight is 387 g/mol. The Morgan fingerprint density at radius 2 is 1.75 bits per heavy atom. The smallest absolute Gasteiger partial charge is 0.348 e. The topological polar surface area (TPSA) is 46.9 Å². The first kappa shape index (κ1) is 19.7. The molecular formula is C21H20F3N3O. The average Bonchev–Trinajstić information content (AvgIpc) is 2.97. The van der Waals surface area contributed by atoms with Crippen LogP contribution < -0.4 is 5.32 Å². The molecule has 1 N–H and O–H groups in total. The normalized spacial score (nSPS) is 11.5. The summed E-state index contributed by atoms with van der Waals surface area (Å²) >= 11 is 0. The molecule has 0 fully saturated rings. The molecule has 7 heteroatoms. The summed E-state index contributed by atoms with van der Waals surface area (Å²) in [6, 6.07) is 14.0. The molecule has 0 spiro atoms. The molecule has 4 nitrogen and oxygen atoms in total. The van der Waals surface area contributed by atoms with Crippen LogP contribution in [0.5, 0.6) is 0 Å². The first-order valence-corrected chi connectivity index (χ1v) is 8.77. The molecule has 1 heterocycles. The van der Waals surface area contributed by atoms with Gasteiger partial charge in [-0.05, 0) is 55.3 Å². The van der Waals surface area contributed by atoms with E-state index in [1.54, 1.807) is 18.2 Å². The van der Waals surface area contributed by atoms with E-state index in [-0.39, 0.29) is 12.5 Å². The summed E-state index contributed by atoms with van der Waals surface area (Å²) in [6.45, 7) is 4.54. The Morgan fingerprint density at radius 3 is 2.36 bits per heavy atom. The summed E-state index contributed by atoms with van der Waals surface area (Å²) in [4.78, 5) is 12.3. The van der Waals surface area contributed by atoms with Crippen LogP contribution in [0.25, 0.3) is 0 Å². The maximum Gasteiger partial charge on any atom is 0.416 e. The molecule has 0 saturated heterocycles. The summed E-state index contributed by atoms with van der Waals surface area (Å²) in [6.07, 6.45) is -4.40. The molecule has 0 bridgehead atoms. The number of rotatable bonds is 5. The van der Waals surface area contributed by atoms with E-state index in [1.165, 1.54) is 6.07 Å². The molecule has 2 aromatic carbocycles. The van der Waals surface area contributed by atoms with Crippen molar-refractivity contribution in [1.82, 2.24) is 15.1 Å². The highest BCUT2D eigenvalue weighted by Crippen LogP contribution is 2.29. The fourth-order valence-corrected chi connectivity index (χ4v) is 2.91. The number of amides is 1. The van der Waals surface area contributed by atoms with Gasteiger partial charge in [0, 0.05) is 17.8 Å². The van der Waals surface area contributed by atoms with E-state index in [0.717, 1.165) is 29.1 Å². The second kappa shape index (κ2) is 7.88. The molecule has 28 heavy (non-hydrogen) atoms. The van der Waals surface area contributed by atoms with Gasteiger partial charge >= 0.3 is 6.18 Å². The molecular weight excluding hydrogens is 367 g/mol. The quantitative estimate of drug-likeness (QED) is 0.701. The number of aryl methyl sites for hydroxylation is 2. The Hall–Kier alpha value is -3.09. The van der Waals surface area contributed by atoms with Gasteiger partial charge in [-0.15, -0.1) is 0 Å². The zero-order chi connectivity index (χ0) is 20.3. The Balaban J connectivity index is 1.61. The first-order chi connectivity index (χ1) is 13.2. The molecule has 1 amide bonds. The molecule has 0 aliphatic carbocycles. The van der Waals surface area contributed by atoms with E-state index in [0.29, 0.717) is 17.7 Å². The fraction of sp³-hybridized carbons (Fsp3) is 0.238. The van der Waals surface area contributed by atoms with E-state index < -0.39 is 11.7 Å². The van der Waals surface area contributed by atoms with Crippen LogP contribution >= 0.6 is 0 Å². The van der Waals surface area contributed by atoms with E-state index in [1.807, 2.05) is 36.7 Å². The lowest BCUT2D eigenvalue weighted by molar-refractivity contribution is -0.137. The highest BCUT2D eigenvalue weighted by Gasteiger charge is 2.30. The molecule has 0 aliphatic rings. The minimum absolute atomic E-state index is 0.0241. The van der Waals surface area contributed by atoms with Gasteiger partial charge in [-0.25, -0.2) is 0 Å². The van der Waals surface area contributed by atoms with Crippen LogP contribution in [0.15, 0.2) is 54.6 Å². The van der Waals surface area contributed by atoms with Gasteiger partial charge in [-0.2, -0.15) is 18.3 Å². The maximum atomic E-state index is 12.8. The number of carbonyl (C=O) groups is 1. The van der Waals surface area contributed by atoms with Gasteiger partial charge in [-0.1, -0.05) is 24.3 Å². The summed E-state index contributed by atoms with van der Waals surface area (Å²) in [7, 11) is 0. The predicted octanol–water partition coefficient (Wildman–Crippen LogP) is 4.50. The van der Waals surface area contributed by atoms with Crippen molar-refractivity contribution in [2.75, 3.05) is 0 Å². The van der Waals surface area contributed by atoms with Crippen molar-refractivity contribution in [3.63, 3.8) is 0 Å². The Bertz CT molecular complexity index is 975. The highest BCUT2D eigenvalue weighted by atomic mass is 19.4. The maximum absolute atomic E-state index is 12.8. The number of hydrogen-bond donors (Lipinski definition) is 1. The van der Waals surface area contributed by atoms with Crippen molar-refractivity contribution >= 4 is 5.91 Å². The lowest BCUT2D eigenvalue weighted by Gasteiger charge is -2.10. The Morgan fingerprint density at radius 1 is 1.04 bits per heavy atom. The van der Waals surface area contributed by atoms with E-state index in [9.17, 15) is 18.0 Å². The van der Waals surface area contributed by atoms with Crippen molar-refractivity contribution in [3.8, 4) is 0 Å². The number of nitrogens with one attached hydrogen (secondary N) is 1. The van der Waals surface area contributed by atoms with Crippen LogP contribution in [0, 0.1) is 13.8 Å². The van der Waals surface area contributed by atoms with E-state index >= 15 is 0 Å². The third-order valence-corrected chi connectivity index (χ3v) is 4.36. The number of benzene rings is 2. The number of carbonyl (C=O) groups excluding carboxylic acids is 1. The molecule has 0 saturated carbocycles. The number of hydrogen-bond acceptors (Lipinski definition) is 2. The lowest BCUT2D eigenvalue weighted by atomic mass is 10.1. The summed E-state index contributed by atoms with van der Waals surface area (Å²) in [5.74, 6) is -0.338. The minimum atomic E-state index is -4.40. The molecule has 0 radical (unpaired) electrons. The molecule has 146 valence electrons. The SMILES string of the molecule is Cc1cc(C)n(Cc2ccc(C(=O)NCc3cccc(C(F)(F)F)c3)cc2)n1. The minimum Gasteiger partial charge on any atom is -0.348 e. The summed E-state index contributed by atoms with van der Waals surface area (Å²) < 4.78 is 40.2. The zero-order valence-electron chi connectivity index (χ0n) is 15.5. The van der Waals surface area contributed by atoms with Crippen molar-refractivity contribution in [2.45, 2.75) is 33.1 Å². The van der Waals surface area contributed by atoms with Crippen LogP contribution in [-0.4, -0.2) is 15.7 Å². The number of halogens is 3. The largest absolute Gasteiger partial charge is 0.416 e. The molecule has 0 unspecified atom stereocenters. The molecule has 3 rings (SSSR count). The van der Waals surface area contributed by atoms with Gasteiger partial charge in [0.2, 0.25) is 0 Å². The first-order valence-electron chi connectivity index (χ1n) is 8.77. The van der Waals surface area contributed by atoms with Gasteiger partial charge in [-0.3, -0.25) is 9.48 Å². The summed E-state index contributed by atoms with van der Waals surface area (Å²) in [5, 5.41) is 7.06. The van der Waals surface area contributed by atoms with E-state index in [2.05, 4.69) is 10.4 Å². The summed E-state index contributed by atoms with van der Waals surface area (Å²) in [5.41, 5.74) is 3.12. The van der Waals surface area contributed by atoms with Crippen molar-refractivity contribution < 1.29 is 18.0 Å². The number of nitrogens with zero attached hydrogens (tertiary/aromatic N) is 2. The molecule has 1 aromatic heterocycles. The van der Waals surface area contributed by atoms with Gasteiger partial charge in [0.05, 0.1) is 17.8 Å². The van der Waals surface area contributed by atoms with Crippen LogP contribution in [0.4, 0.5) is 13.2 Å². The fourth-order valence-electron chi connectivity index (χ4n) is 2.91.